The van der Waals surface area contributed by atoms with E-state index >= 15 is 0 Å². The molecular weight excluding hydrogens is 334 g/mol. The molecule has 1 fully saturated rings. The minimum Gasteiger partial charge on any atom is -0.449 e. The van der Waals surface area contributed by atoms with Gasteiger partial charge in [-0.25, -0.2) is 13.2 Å². The second-order valence-electron chi connectivity index (χ2n) is 5.79. The van der Waals surface area contributed by atoms with Crippen LogP contribution in [0.1, 0.15) is 29.3 Å². The molecule has 1 aliphatic rings. The average Bonchev–Trinajstić information content (AvgIpc) is 2.86. The van der Waals surface area contributed by atoms with Gasteiger partial charge in [0, 0.05) is 13.2 Å². The lowest BCUT2D eigenvalue weighted by molar-refractivity contribution is -0.129. The molecule has 0 radical (unpaired) electrons. The number of hydrogen-bond acceptors (Lipinski definition) is 6. The first-order chi connectivity index (χ1) is 11.3. The molecule has 8 heteroatoms. The molecule has 0 aliphatic carbocycles. The van der Waals surface area contributed by atoms with Gasteiger partial charge in [-0.05, 0) is 31.0 Å². The number of hydrogen-bond donors (Lipinski definition) is 1. The zero-order valence-electron chi connectivity index (χ0n) is 13.7. The summed E-state index contributed by atoms with van der Waals surface area (Å²) in [4.78, 5) is 24.2. The predicted molar refractivity (Wildman–Crippen MR) is 87.2 cm³/mol. The summed E-state index contributed by atoms with van der Waals surface area (Å²) in [5.74, 6) is -1.12. The van der Waals surface area contributed by atoms with E-state index in [1.54, 1.807) is 25.3 Å². The summed E-state index contributed by atoms with van der Waals surface area (Å²) in [6.07, 6.45) is -0.625. The molecule has 2 rings (SSSR count). The summed E-state index contributed by atoms with van der Waals surface area (Å²) in [7, 11) is -1.52. The standard InChI is InChI=1S/C16H21NO6S/c1-11(15(18)17-14-6-7-24(20,21)10-14)23-16(19)13-5-3-4-12(8-13)9-22-2/h3-5,8,11,14H,6-7,9-10H2,1-2H3,(H,17,18)/t11-,14+/m1/s1. The largest absolute Gasteiger partial charge is 0.449 e. The third-order valence-corrected chi connectivity index (χ3v) is 5.47. The van der Waals surface area contributed by atoms with Crippen LogP contribution in [0.5, 0.6) is 0 Å². The summed E-state index contributed by atoms with van der Waals surface area (Å²) in [5, 5.41) is 2.61. The predicted octanol–water partition coefficient (Wildman–Crippen LogP) is 0.682. The Morgan fingerprint density at radius 3 is 2.75 bits per heavy atom. The molecule has 1 heterocycles. The van der Waals surface area contributed by atoms with Crippen LogP contribution in [0.3, 0.4) is 0 Å². The zero-order valence-corrected chi connectivity index (χ0v) is 14.5. The van der Waals surface area contributed by atoms with Gasteiger partial charge in [-0.15, -0.1) is 0 Å². The Balaban J connectivity index is 1.91. The lowest BCUT2D eigenvalue weighted by Gasteiger charge is -2.16. The summed E-state index contributed by atoms with van der Waals surface area (Å²) < 4.78 is 32.9. The van der Waals surface area contributed by atoms with Crippen LogP contribution in [0.15, 0.2) is 24.3 Å². The SMILES string of the molecule is COCc1cccc(C(=O)O[C@H](C)C(=O)N[C@H]2CCS(=O)(=O)C2)c1. The molecule has 1 N–H and O–H groups in total. The zero-order chi connectivity index (χ0) is 17.7. The molecule has 1 amide bonds. The molecule has 1 aliphatic heterocycles. The second kappa shape index (κ2) is 7.76. The number of benzene rings is 1. The van der Waals surface area contributed by atoms with Crippen molar-refractivity contribution in [1.82, 2.24) is 5.32 Å². The van der Waals surface area contributed by atoms with E-state index in [1.807, 2.05) is 6.07 Å². The summed E-state index contributed by atoms with van der Waals surface area (Å²) >= 11 is 0. The highest BCUT2D eigenvalue weighted by atomic mass is 32.2. The molecule has 1 aromatic carbocycles. The molecule has 24 heavy (non-hydrogen) atoms. The van der Waals surface area contributed by atoms with E-state index in [2.05, 4.69) is 5.32 Å². The molecular formula is C16H21NO6S. The van der Waals surface area contributed by atoms with Gasteiger partial charge in [-0.1, -0.05) is 12.1 Å². The molecule has 132 valence electrons. The molecule has 0 spiro atoms. The van der Waals surface area contributed by atoms with Crippen molar-refractivity contribution in [3.05, 3.63) is 35.4 Å². The van der Waals surface area contributed by atoms with Crippen LogP contribution in [0, 0.1) is 0 Å². The maximum absolute atomic E-state index is 12.1. The van der Waals surface area contributed by atoms with Crippen LogP contribution in [0.4, 0.5) is 0 Å². The van der Waals surface area contributed by atoms with E-state index in [0.29, 0.717) is 18.6 Å². The Morgan fingerprint density at radius 2 is 2.12 bits per heavy atom. The Kier molecular flexibility index (Phi) is 5.95. The summed E-state index contributed by atoms with van der Waals surface area (Å²) in [6.45, 7) is 1.82. The van der Waals surface area contributed by atoms with E-state index in [9.17, 15) is 18.0 Å². The Hall–Kier alpha value is -1.93. The Morgan fingerprint density at radius 1 is 1.38 bits per heavy atom. The number of amides is 1. The molecule has 0 unspecified atom stereocenters. The quantitative estimate of drug-likeness (QED) is 0.754. The average molecular weight is 355 g/mol. The number of carbonyl (C=O) groups excluding carboxylic acids is 2. The van der Waals surface area contributed by atoms with Gasteiger partial charge in [0.2, 0.25) is 0 Å². The van der Waals surface area contributed by atoms with Crippen LogP contribution in [-0.4, -0.2) is 51.1 Å². The first kappa shape index (κ1) is 18.4. The van der Waals surface area contributed by atoms with Gasteiger partial charge in [0.05, 0.1) is 23.7 Å². The number of esters is 1. The first-order valence-corrected chi connectivity index (χ1v) is 9.42. The third-order valence-electron chi connectivity index (χ3n) is 3.71. The minimum atomic E-state index is -3.08. The highest BCUT2D eigenvalue weighted by Crippen LogP contribution is 2.12. The maximum Gasteiger partial charge on any atom is 0.338 e. The number of sulfone groups is 1. The molecule has 7 nitrogen and oxygen atoms in total. The third kappa shape index (κ3) is 5.04. The minimum absolute atomic E-state index is 0.0679. The fourth-order valence-electron chi connectivity index (χ4n) is 2.46. The van der Waals surface area contributed by atoms with Crippen molar-refractivity contribution in [2.24, 2.45) is 0 Å². The van der Waals surface area contributed by atoms with Crippen molar-refractivity contribution in [2.75, 3.05) is 18.6 Å². The molecule has 0 aromatic heterocycles. The van der Waals surface area contributed by atoms with Crippen LogP contribution in [-0.2, 0) is 30.7 Å². The van der Waals surface area contributed by atoms with Crippen molar-refractivity contribution in [3.63, 3.8) is 0 Å². The number of methoxy groups -OCH3 is 1. The van der Waals surface area contributed by atoms with E-state index < -0.39 is 33.9 Å². The topological polar surface area (TPSA) is 98.8 Å². The lowest BCUT2D eigenvalue weighted by atomic mass is 10.1. The van der Waals surface area contributed by atoms with Gasteiger partial charge in [0.1, 0.15) is 0 Å². The van der Waals surface area contributed by atoms with Crippen molar-refractivity contribution >= 4 is 21.7 Å². The molecule has 1 saturated heterocycles. The Labute approximate surface area is 141 Å². The molecule has 0 bridgehead atoms. The first-order valence-electron chi connectivity index (χ1n) is 7.60. The van der Waals surface area contributed by atoms with Crippen LogP contribution in [0.25, 0.3) is 0 Å². The molecule has 1 aromatic rings. The van der Waals surface area contributed by atoms with Gasteiger partial charge >= 0.3 is 5.97 Å². The van der Waals surface area contributed by atoms with E-state index in [4.69, 9.17) is 9.47 Å². The number of nitrogens with one attached hydrogen (secondary N) is 1. The monoisotopic (exact) mass is 355 g/mol. The van der Waals surface area contributed by atoms with Crippen molar-refractivity contribution < 1.29 is 27.5 Å². The molecule has 2 atom stereocenters. The van der Waals surface area contributed by atoms with Gasteiger partial charge in [0.25, 0.3) is 5.91 Å². The molecule has 0 saturated carbocycles. The smallest absolute Gasteiger partial charge is 0.338 e. The normalized spacial score (nSPS) is 20.3. The van der Waals surface area contributed by atoms with Crippen LogP contribution < -0.4 is 5.32 Å². The lowest BCUT2D eigenvalue weighted by Crippen LogP contribution is -2.42. The fourth-order valence-corrected chi connectivity index (χ4v) is 4.14. The summed E-state index contributed by atoms with van der Waals surface area (Å²) in [5.41, 5.74) is 1.15. The number of carbonyl (C=O) groups is 2. The highest BCUT2D eigenvalue weighted by molar-refractivity contribution is 7.91. The number of ether oxygens (including phenoxy) is 2. The van der Waals surface area contributed by atoms with E-state index in [-0.39, 0.29) is 11.5 Å². The highest BCUT2D eigenvalue weighted by Gasteiger charge is 2.30. The van der Waals surface area contributed by atoms with Gasteiger partial charge < -0.3 is 14.8 Å². The van der Waals surface area contributed by atoms with E-state index in [1.165, 1.54) is 6.92 Å². The van der Waals surface area contributed by atoms with Crippen LogP contribution >= 0.6 is 0 Å². The van der Waals surface area contributed by atoms with Crippen molar-refractivity contribution in [2.45, 2.75) is 32.1 Å². The van der Waals surface area contributed by atoms with Gasteiger partial charge in [0.15, 0.2) is 15.9 Å². The number of rotatable bonds is 6. The van der Waals surface area contributed by atoms with Crippen LogP contribution in [0.2, 0.25) is 0 Å². The van der Waals surface area contributed by atoms with E-state index in [0.717, 1.165) is 5.56 Å². The van der Waals surface area contributed by atoms with Gasteiger partial charge in [-0.2, -0.15) is 0 Å². The fraction of sp³-hybridized carbons (Fsp3) is 0.500. The van der Waals surface area contributed by atoms with Crippen molar-refractivity contribution in [3.8, 4) is 0 Å². The Bertz CT molecular complexity index is 715. The second-order valence-corrected chi connectivity index (χ2v) is 8.02. The van der Waals surface area contributed by atoms with Crippen molar-refractivity contribution in [1.29, 1.82) is 0 Å². The maximum atomic E-state index is 12.1. The summed E-state index contributed by atoms with van der Waals surface area (Å²) in [6, 6.07) is 6.33. The van der Waals surface area contributed by atoms with Gasteiger partial charge in [-0.3, -0.25) is 4.79 Å².